The summed E-state index contributed by atoms with van der Waals surface area (Å²) >= 11 is 0. The van der Waals surface area contributed by atoms with E-state index in [0.29, 0.717) is 12.3 Å². The van der Waals surface area contributed by atoms with E-state index in [4.69, 9.17) is 0 Å². The van der Waals surface area contributed by atoms with Crippen LogP contribution in [-0.2, 0) is 17.8 Å². The molecule has 1 N–H and O–H groups in total. The van der Waals surface area contributed by atoms with E-state index in [1.165, 1.54) is 27.7 Å². The molecule has 5 heteroatoms. The maximum atomic E-state index is 12.7. The molecule has 0 unspecified atom stereocenters. The number of piperazine rings is 1. The largest absolute Gasteiger partial charge is 0.369 e. The summed E-state index contributed by atoms with van der Waals surface area (Å²) in [5.41, 5.74) is 5.21. The lowest BCUT2D eigenvalue weighted by atomic mass is 9.99. The van der Waals surface area contributed by atoms with Gasteiger partial charge in [0.15, 0.2) is 0 Å². The number of hydrogen-bond acceptors (Lipinski definition) is 3. The van der Waals surface area contributed by atoms with Crippen LogP contribution in [0.3, 0.4) is 0 Å². The number of nitrogens with zero attached hydrogens (tertiary/aromatic N) is 3. The van der Waals surface area contributed by atoms with Crippen LogP contribution in [0.2, 0.25) is 0 Å². The van der Waals surface area contributed by atoms with Crippen molar-refractivity contribution in [2.75, 3.05) is 44.2 Å². The fraction of sp³-hybridized carbons (Fsp3) is 0.400. The van der Waals surface area contributed by atoms with E-state index in [0.717, 1.165) is 58.7 Å². The first-order valence-corrected chi connectivity index (χ1v) is 11.2. The van der Waals surface area contributed by atoms with E-state index in [9.17, 15) is 4.79 Å². The molecule has 156 valence electrons. The van der Waals surface area contributed by atoms with Crippen molar-refractivity contribution in [2.45, 2.75) is 25.8 Å². The summed E-state index contributed by atoms with van der Waals surface area (Å²) in [6.45, 7) is 6.88. The normalized spacial score (nSPS) is 17.3. The standard InChI is InChI=1S/C25H30N4O/c30-25(29-13-10-20-4-1-2-5-22(20)19-29)6-3-12-27-14-16-28(17-15-27)23-7-8-24-21(18-23)9-11-26-24/h1-2,4-5,7-9,11,18,26H,3,6,10,12-17,19H2. The van der Waals surface area contributed by atoms with Crippen LogP contribution in [0, 0.1) is 0 Å². The van der Waals surface area contributed by atoms with Gasteiger partial charge in [-0.3, -0.25) is 9.69 Å². The number of carbonyl (C=O) groups excluding carboxylic acids is 1. The lowest BCUT2D eigenvalue weighted by Gasteiger charge is -2.36. The second-order valence-corrected chi connectivity index (χ2v) is 8.52. The lowest BCUT2D eigenvalue weighted by molar-refractivity contribution is -0.132. The first-order valence-electron chi connectivity index (χ1n) is 11.2. The van der Waals surface area contributed by atoms with Crippen LogP contribution in [0.4, 0.5) is 5.69 Å². The molecule has 1 aromatic heterocycles. The quantitative estimate of drug-likeness (QED) is 0.708. The Balaban J connectivity index is 1.06. The predicted octanol–water partition coefficient (Wildman–Crippen LogP) is 3.66. The van der Waals surface area contributed by atoms with Gasteiger partial charge in [-0.25, -0.2) is 0 Å². The number of nitrogens with one attached hydrogen (secondary N) is 1. The molecule has 3 heterocycles. The molecule has 2 aliphatic heterocycles. The van der Waals surface area contributed by atoms with Gasteiger partial charge in [0.2, 0.25) is 5.91 Å². The third-order valence-corrected chi connectivity index (χ3v) is 6.62. The zero-order chi connectivity index (χ0) is 20.3. The van der Waals surface area contributed by atoms with Crippen molar-refractivity contribution in [1.82, 2.24) is 14.8 Å². The van der Waals surface area contributed by atoms with Crippen molar-refractivity contribution in [3.63, 3.8) is 0 Å². The van der Waals surface area contributed by atoms with Crippen LogP contribution in [0.15, 0.2) is 54.7 Å². The van der Waals surface area contributed by atoms with Crippen molar-refractivity contribution in [2.24, 2.45) is 0 Å². The van der Waals surface area contributed by atoms with Gasteiger partial charge < -0.3 is 14.8 Å². The zero-order valence-electron chi connectivity index (χ0n) is 17.5. The van der Waals surface area contributed by atoms with Gasteiger partial charge in [-0.05, 0) is 54.8 Å². The summed E-state index contributed by atoms with van der Waals surface area (Å²) in [4.78, 5) is 22.9. The summed E-state index contributed by atoms with van der Waals surface area (Å²) in [6, 6.07) is 17.3. The number of hydrogen-bond donors (Lipinski definition) is 1. The summed E-state index contributed by atoms with van der Waals surface area (Å²) in [6.07, 6.45) is 4.59. The van der Waals surface area contributed by atoms with Gasteiger partial charge in [0.05, 0.1) is 0 Å². The van der Waals surface area contributed by atoms with E-state index >= 15 is 0 Å². The van der Waals surface area contributed by atoms with E-state index < -0.39 is 0 Å². The molecule has 0 atom stereocenters. The number of H-pyrrole nitrogens is 1. The lowest BCUT2D eigenvalue weighted by Crippen LogP contribution is -2.46. The SMILES string of the molecule is O=C(CCCN1CCN(c2ccc3[nH]ccc3c2)CC1)N1CCc2ccccc2C1. The molecule has 1 saturated heterocycles. The highest BCUT2D eigenvalue weighted by Gasteiger charge is 2.21. The first kappa shape index (κ1) is 19.2. The van der Waals surface area contributed by atoms with Crippen molar-refractivity contribution in [1.29, 1.82) is 0 Å². The molecule has 5 nitrogen and oxygen atoms in total. The summed E-state index contributed by atoms with van der Waals surface area (Å²) in [7, 11) is 0. The number of rotatable bonds is 5. The second-order valence-electron chi connectivity index (χ2n) is 8.52. The first-order chi connectivity index (χ1) is 14.8. The number of fused-ring (bicyclic) bond motifs is 2. The molecule has 5 rings (SSSR count). The molecule has 0 radical (unpaired) electrons. The number of anilines is 1. The smallest absolute Gasteiger partial charge is 0.222 e. The Morgan fingerprint density at radius 1 is 0.933 bits per heavy atom. The van der Waals surface area contributed by atoms with Crippen LogP contribution in [0.25, 0.3) is 10.9 Å². The minimum atomic E-state index is 0.308. The number of amides is 1. The summed E-state index contributed by atoms with van der Waals surface area (Å²) in [5.74, 6) is 0.308. The Labute approximate surface area is 178 Å². The topological polar surface area (TPSA) is 42.6 Å². The second kappa shape index (κ2) is 8.52. The van der Waals surface area contributed by atoms with Gasteiger partial charge in [0.25, 0.3) is 0 Å². The Hall–Kier alpha value is -2.79. The van der Waals surface area contributed by atoms with Gasteiger partial charge in [-0.2, -0.15) is 0 Å². The van der Waals surface area contributed by atoms with Gasteiger partial charge >= 0.3 is 0 Å². The molecule has 0 saturated carbocycles. The predicted molar refractivity (Wildman–Crippen MR) is 122 cm³/mol. The molecular weight excluding hydrogens is 372 g/mol. The highest BCUT2D eigenvalue weighted by molar-refractivity contribution is 5.83. The molecule has 0 bridgehead atoms. The molecule has 1 fully saturated rings. The van der Waals surface area contributed by atoms with Crippen LogP contribution in [0.1, 0.15) is 24.0 Å². The number of carbonyl (C=O) groups is 1. The van der Waals surface area contributed by atoms with Gasteiger partial charge in [-0.1, -0.05) is 24.3 Å². The maximum Gasteiger partial charge on any atom is 0.222 e. The van der Waals surface area contributed by atoms with Crippen LogP contribution in [0.5, 0.6) is 0 Å². The number of aromatic amines is 1. The van der Waals surface area contributed by atoms with Crippen molar-refractivity contribution in [3.8, 4) is 0 Å². The van der Waals surface area contributed by atoms with E-state index in [1.54, 1.807) is 0 Å². The van der Waals surface area contributed by atoms with E-state index in [-0.39, 0.29) is 0 Å². The van der Waals surface area contributed by atoms with E-state index in [1.807, 2.05) is 11.1 Å². The minimum Gasteiger partial charge on any atom is -0.369 e. The Kier molecular flexibility index (Phi) is 5.45. The van der Waals surface area contributed by atoms with Gasteiger partial charge in [0, 0.05) is 68.5 Å². The van der Waals surface area contributed by atoms with E-state index in [2.05, 4.69) is 63.3 Å². The third-order valence-electron chi connectivity index (χ3n) is 6.62. The van der Waals surface area contributed by atoms with Crippen LogP contribution >= 0.6 is 0 Å². The zero-order valence-corrected chi connectivity index (χ0v) is 17.5. The van der Waals surface area contributed by atoms with Crippen molar-refractivity contribution >= 4 is 22.5 Å². The average molecular weight is 403 g/mol. The van der Waals surface area contributed by atoms with Gasteiger partial charge in [-0.15, -0.1) is 0 Å². The molecule has 0 aliphatic carbocycles. The minimum absolute atomic E-state index is 0.308. The van der Waals surface area contributed by atoms with Gasteiger partial charge in [0.1, 0.15) is 0 Å². The Morgan fingerprint density at radius 2 is 1.77 bits per heavy atom. The Morgan fingerprint density at radius 3 is 2.63 bits per heavy atom. The van der Waals surface area contributed by atoms with Crippen molar-refractivity contribution in [3.05, 3.63) is 65.9 Å². The summed E-state index contributed by atoms with van der Waals surface area (Å²) in [5, 5.41) is 1.27. The molecule has 0 spiro atoms. The highest BCUT2D eigenvalue weighted by Crippen LogP contribution is 2.23. The molecule has 30 heavy (non-hydrogen) atoms. The fourth-order valence-corrected chi connectivity index (χ4v) is 4.79. The fourth-order valence-electron chi connectivity index (χ4n) is 4.79. The number of aromatic nitrogens is 1. The molecule has 3 aromatic rings. The summed E-state index contributed by atoms with van der Waals surface area (Å²) < 4.78 is 0. The van der Waals surface area contributed by atoms with Crippen LogP contribution < -0.4 is 4.90 Å². The third kappa shape index (κ3) is 4.08. The monoisotopic (exact) mass is 402 g/mol. The Bertz CT molecular complexity index is 1020. The van der Waals surface area contributed by atoms with Crippen molar-refractivity contribution < 1.29 is 4.79 Å². The van der Waals surface area contributed by atoms with Crippen LogP contribution in [-0.4, -0.2) is 60.0 Å². The highest BCUT2D eigenvalue weighted by atomic mass is 16.2. The maximum absolute atomic E-state index is 12.7. The molecule has 2 aromatic carbocycles. The molecular formula is C25H30N4O. The average Bonchev–Trinajstić information content (AvgIpc) is 3.27. The number of benzene rings is 2. The molecule has 1 amide bonds. The molecule has 2 aliphatic rings.